The molecule has 1 atom stereocenters. The number of allylic oxidation sites excluding steroid dienone is 1. The van der Waals surface area contributed by atoms with E-state index in [1.165, 1.54) is 0 Å². The van der Waals surface area contributed by atoms with E-state index in [1.54, 1.807) is 6.92 Å². The largest absolute Gasteiger partial charge is 0.393 e. The molecule has 0 aromatic carbocycles. The first-order chi connectivity index (χ1) is 4.20. The van der Waals surface area contributed by atoms with Crippen LogP contribution in [-0.2, 0) is 0 Å². The van der Waals surface area contributed by atoms with Crippen molar-refractivity contribution in [1.82, 2.24) is 0 Å². The van der Waals surface area contributed by atoms with Gasteiger partial charge in [-0.05, 0) is 20.3 Å². The van der Waals surface area contributed by atoms with Crippen LogP contribution in [0.1, 0.15) is 20.3 Å². The van der Waals surface area contributed by atoms with Crippen LogP contribution in [0.5, 0.6) is 0 Å². The molecule has 1 nitrogen and oxygen atoms in total. The van der Waals surface area contributed by atoms with Crippen molar-refractivity contribution < 1.29 is 5.11 Å². The third-order valence-electron chi connectivity index (χ3n) is 1.14. The molecule has 0 amide bonds. The molecule has 0 rings (SSSR count). The lowest BCUT2D eigenvalue weighted by Crippen LogP contribution is -2.01. The smallest absolute Gasteiger partial charge is 0.0549 e. The predicted molar refractivity (Wildman–Crippen MR) is 40.8 cm³/mol. The first-order valence-electron chi connectivity index (χ1n) is 3.08. The lowest BCUT2D eigenvalue weighted by molar-refractivity contribution is 0.195. The fraction of sp³-hybridized carbons (Fsp3) is 0.714. The number of alkyl halides is 1. The molecule has 1 unspecified atom stereocenters. The number of halogens is 1. The van der Waals surface area contributed by atoms with E-state index in [1.807, 2.05) is 13.0 Å². The molecule has 0 aliphatic heterocycles. The lowest BCUT2D eigenvalue weighted by Gasteiger charge is -2.03. The molecule has 0 fully saturated rings. The minimum atomic E-state index is -0.269. The van der Waals surface area contributed by atoms with Gasteiger partial charge < -0.3 is 5.11 Å². The first kappa shape index (κ1) is 8.99. The van der Waals surface area contributed by atoms with Gasteiger partial charge in [-0.25, -0.2) is 0 Å². The summed E-state index contributed by atoms with van der Waals surface area (Å²) in [5, 5.41) is 8.89. The summed E-state index contributed by atoms with van der Waals surface area (Å²) in [7, 11) is 0. The Morgan fingerprint density at radius 1 is 1.78 bits per heavy atom. The molecular weight excluding hydrogens is 136 g/mol. The van der Waals surface area contributed by atoms with Crippen LogP contribution in [0.25, 0.3) is 0 Å². The van der Waals surface area contributed by atoms with E-state index in [2.05, 4.69) is 0 Å². The molecule has 0 saturated heterocycles. The predicted octanol–water partition coefficient (Wildman–Crippen LogP) is 1.94. The maximum atomic E-state index is 8.89. The van der Waals surface area contributed by atoms with E-state index in [0.717, 1.165) is 5.57 Å². The van der Waals surface area contributed by atoms with Crippen molar-refractivity contribution in [3.8, 4) is 0 Å². The fourth-order valence-electron chi connectivity index (χ4n) is 0.629. The van der Waals surface area contributed by atoms with Crippen LogP contribution in [0.3, 0.4) is 0 Å². The Balaban J connectivity index is 3.58. The maximum absolute atomic E-state index is 8.89. The van der Waals surface area contributed by atoms with E-state index < -0.39 is 0 Å². The molecule has 54 valence electrons. The zero-order valence-electron chi connectivity index (χ0n) is 5.89. The summed E-state index contributed by atoms with van der Waals surface area (Å²) in [5.74, 6) is 0.529. The Labute approximate surface area is 61.3 Å². The summed E-state index contributed by atoms with van der Waals surface area (Å²) in [4.78, 5) is 0. The van der Waals surface area contributed by atoms with Crippen molar-refractivity contribution in [2.75, 3.05) is 5.88 Å². The highest BCUT2D eigenvalue weighted by atomic mass is 35.5. The summed E-state index contributed by atoms with van der Waals surface area (Å²) in [6.07, 6.45) is 2.37. The quantitative estimate of drug-likeness (QED) is 0.479. The molecule has 0 aliphatic rings. The summed E-state index contributed by atoms with van der Waals surface area (Å²) in [6.45, 7) is 3.69. The first-order valence-corrected chi connectivity index (χ1v) is 3.62. The summed E-state index contributed by atoms with van der Waals surface area (Å²) >= 11 is 5.53. The number of aliphatic hydroxyl groups is 1. The van der Waals surface area contributed by atoms with Crippen molar-refractivity contribution in [2.24, 2.45) is 0 Å². The molecule has 0 bridgehead atoms. The van der Waals surface area contributed by atoms with Gasteiger partial charge in [0, 0.05) is 5.88 Å². The summed E-state index contributed by atoms with van der Waals surface area (Å²) in [6, 6.07) is 0. The average Bonchev–Trinajstić information content (AvgIpc) is 1.82. The third kappa shape index (κ3) is 4.49. The molecular formula is C7H13ClO. The van der Waals surface area contributed by atoms with Gasteiger partial charge in [0.25, 0.3) is 0 Å². The lowest BCUT2D eigenvalue weighted by atomic mass is 10.1. The monoisotopic (exact) mass is 148 g/mol. The van der Waals surface area contributed by atoms with Gasteiger partial charge in [0.05, 0.1) is 6.10 Å². The molecule has 0 radical (unpaired) electrons. The molecule has 0 spiro atoms. The molecule has 0 aliphatic carbocycles. The maximum Gasteiger partial charge on any atom is 0.0549 e. The van der Waals surface area contributed by atoms with Crippen LogP contribution < -0.4 is 0 Å². The van der Waals surface area contributed by atoms with Crippen molar-refractivity contribution in [1.29, 1.82) is 0 Å². The van der Waals surface area contributed by atoms with Crippen LogP contribution in [0.4, 0.5) is 0 Å². The van der Waals surface area contributed by atoms with Crippen molar-refractivity contribution in [3.63, 3.8) is 0 Å². The summed E-state index contributed by atoms with van der Waals surface area (Å²) in [5.41, 5.74) is 1.10. The van der Waals surface area contributed by atoms with Crippen molar-refractivity contribution >= 4 is 11.6 Å². The third-order valence-corrected chi connectivity index (χ3v) is 1.48. The van der Waals surface area contributed by atoms with Gasteiger partial charge in [-0.3, -0.25) is 0 Å². The second-order valence-electron chi connectivity index (χ2n) is 2.13. The number of aliphatic hydroxyl groups excluding tert-OH is 1. The van der Waals surface area contributed by atoms with Gasteiger partial charge in [0.1, 0.15) is 0 Å². The van der Waals surface area contributed by atoms with Gasteiger partial charge in [0.15, 0.2) is 0 Å². The molecule has 0 aromatic heterocycles. The van der Waals surface area contributed by atoms with Crippen LogP contribution in [0, 0.1) is 0 Å². The Kier molecular flexibility index (Phi) is 4.83. The number of hydrogen-bond donors (Lipinski definition) is 1. The molecule has 2 heteroatoms. The molecule has 9 heavy (non-hydrogen) atoms. The fourth-order valence-corrected chi connectivity index (χ4v) is 0.892. The number of hydrogen-bond acceptors (Lipinski definition) is 1. The van der Waals surface area contributed by atoms with Crippen LogP contribution >= 0.6 is 11.6 Å². The Morgan fingerprint density at radius 2 is 2.33 bits per heavy atom. The van der Waals surface area contributed by atoms with E-state index >= 15 is 0 Å². The van der Waals surface area contributed by atoms with E-state index in [9.17, 15) is 0 Å². The SMILES string of the molecule is C/C=C(\CCl)CC(C)O. The standard InChI is InChI=1S/C7H13ClO/c1-3-7(5-8)4-6(2)9/h3,6,9H,4-5H2,1-2H3/b7-3-. The zero-order valence-corrected chi connectivity index (χ0v) is 6.65. The molecule has 0 heterocycles. The number of rotatable bonds is 3. The van der Waals surface area contributed by atoms with Crippen LogP contribution in [0.15, 0.2) is 11.6 Å². The van der Waals surface area contributed by atoms with Gasteiger partial charge in [-0.1, -0.05) is 11.6 Å². The highest BCUT2D eigenvalue weighted by Crippen LogP contribution is 2.06. The minimum absolute atomic E-state index is 0.269. The molecule has 1 N–H and O–H groups in total. The highest BCUT2D eigenvalue weighted by molar-refractivity contribution is 6.19. The van der Waals surface area contributed by atoms with Crippen LogP contribution in [-0.4, -0.2) is 17.1 Å². The van der Waals surface area contributed by atoms with Gasteiger partial charge in [-0.2, -0.15) is 0 Å². The zero-order chi connectivity index (χ0) is 7.28. The Hall–Kier alpha value is -0.0100. The topological polar surface area (TPSA) is 20.2 Å². The van der Waals surface area contributed by atoms with E-state index in [4.69, 9.17) is 16.7 Å². The van der Waals surface area contributed by atoms with Gasteiger partial charge in [0.2, 0.25) is 0 Å². The van der Waals surface area contributed by atoms with Gasteiger partial charge in [-0.15, -0.1) is 11.6 Å². The Bertz CT molecular complexity index is 97.1. The summed E-state index contributed by atoms with van der Waals surface area (Å²) < 4.78 is 0. The van der Waals surface area contributed by atoms with Crippen molar-refractivity contribution in [3.05, 3.63) is 11.6 Å². The van der Waals surface area contributed by atoms with Crippen molar-refractivity contribution in [2.45, 2.75) is 26.4 Å². The van der Waals surface area contributed by atoms with Crippen LogP contribution in [0.2, 0.25) is 0 Å². The van der Waals surface area contributed by atoms with E-state index in [0.29, 0.717) is 12.3 Å². The minimum Gasteiger partial charge on any atom is -0.393 e. The second-order valence-corrected chi connectivity index (χ2v) is 2.40. The molecule has 0 saturated carbocycles. The highest BCUT2D eigenvalue weighted by Gasteiger charge is 1.98. The molecule has 0 aromatic rings. The second kappa shape index (κ2) is 4.83. The normalized spacial score (nSPS) is 15.8. The van der Waals surface area contributed by atoms with E-state index in [-0.39, 0.29) is 6.10 Å². The Morgan fingerprint density at radius 3 is 2.44 bits per heavy atom. The average molecular weight is 149 g/mol. The van der Waals surface area contributed by atoms with Gasteiger partial charge >= 0.3 is 0 Å².